The Morgan fingerprint density at radius 2 is 1.86 bits per heavy atom. The van der Waals surface area contributed by atoms with Gasteiger partial charge in [-0.2, -0.15) is 0 Å². The van der Waals surface area contributed by atoms with Gasteiger partial charge in [0.25, 0.3) is 5.91 Å². The van der Waals surface area contributed by atoms with Gasteiger partial charge < -0.3 is 4.90 Å². The Kier molecular flexibility index (Phi) is 6.03. The molecule has 1 amide bonds. The number of fused-ring (bicyclic) bond motifs is 2. The van der Waals surface area contributed by atoms with Crippen molar-refractivity contribution < 1.29 is 9.18 Å². The van der Waals surface area contributed by atoms with Gasteiger partial charge in [0.1, 0.15) is 15.8 Å². The molecule has 36 heavy (non-hydrogen) atoms. The number of hydrogen-bond donors (Lipinski definition) is 0. The first-order valence-electron chi connectivity index (χ1n) is 11.1. The number of nitrogens with zero attached hydrogens (tertiary/aromatic N) is 4. The SMILES string of the molecule is CCN1C(=C2SC(=Nc3ccc4sc(C)nc4c3)N(c3ccc(F)cc3)C2=O)Sc2ccc(Cl)cc21. The van der Waals surface area contributed by atoms with Crippen molar-refractivity contribution in [1.82, 2.24) is 4.98 Å². The van der Waals surface area contributed by atoms with Gasteiger partial charge in [-0.05, 0) is 86.3 Å². The minimum Gasteiger partial charge on any atom is -0.334 e. The Morgan fingerprint density at radius 3 is 2.64 bits per heavy atom. The van der Waals surface area contributed by atoms with E-state index < -0.39 is 0 Å². The number of anilines is 2. The molecule has 3 heterocycles. The summed E-state index contributed by atoms with van der Waals surface area (Å²) in [6.45, 7) is 4.69. The lowest BCUT2D eigenvalue weighted by atomic mass is 10.2. The van der Waals surface area contributed by atoms with Crippen LogP contribution in [0.15, 0.2) is 80.5 Å². The van der Waals surface area contributed by atoms with Crippen molar-refractivity contribution >= 4 is 84.8 Å². The Bertz CT molecular complexity index is 1600. The molecule has 6 rings (SSSR count). The monoisotopic (exact) mass is 552 g/mol. The van der Waals surface area contributed by atoms with Gasteiger partial charge in [0, 0.05) is 16.5 Å². The molecule has 5 nitrogen and oxygen atoms in total. The van der Waals surface area contributed by atoms with E-state index in [2.05, 4.69) is 9.88 Å². The average molecular weight is 553 g/mol. The predicted octanol–water partition coefficient (Wildman–Crippen LogP) is 7.97. The normalized spacial score (nSPS) is 18.7. The van der Waals surface area contributed by atoms with Crippen LogP contribution in [0.4, 0.5) is 21.5 Å². The Balaban J connectivity index is 1.47. The standard InChI is InChI=1S/C26H18ClFN4OS3/c1-3-31-20-12-15(27)4-10-22(20)35-25(31)23-24(33)32(18-8-5-16(28)6-9-18)26(36-23)30-17-7-11-21-19(13-17)29-14(2)34-21/h4-13H,3H2,1-2H3. The van der Waals surface area contributed by atoms with Crippen molar-refractivity contribution in [3.63, 3.8) is 0 Å². The molecule has 10 heteroatoms. The van der Waals surface area contributed by atoms with Crippen LogP contribution in [0.3, 0.4) is 0 Å². The number of thiazole rings is 1. The number of carbonyl (C=O) groups excluding carboxylic acids is 1. The Labute approximate surface area is 224 Å². The molecule has 1 fully saturated rings. The molecule has 1 saturated heterocycles. The van der Waals surface area contributed by atoms with E-state index >= 15 is 0 Å². The second kappa shape index (κ2) is 9.23. The second-order valence-corrected chi connectivity index (χ2v) is 11.8. The maximum Gasteiger partial charge on any atom is 0.274 e. The Hall–Kier alpha value is -2.85. The highest BCUT2D eigenvalue weighted by Gasteiger charge is 2.40. The zero-order valence-electron chi connectivity index (χ0n) is 19.2. The molecule has 3 aromatic carbocycles. The number of aliphatic imine (C=N–C) groups is 1. The van der Waals surface area contributed by atoms with Gasteiger partial charge in [-0.15, -0.1) is 11.3 Å². The van der Waals surface area contributed by atoms with E-state index in [0.717, 1.165) is 30.8 Å². The van der Waals surface area contributed by atoms with Gasteiger partial charge in [-0.3, -0.25) is 9.69 Å². The van der Waals surface area contributed by atoms with Gasteiger partial charge in [-0.1, -0.05) is 23.4 Å². The molecule has 0 aliphatic carbocycles. The molecule has 4 aromatic rings. The van der Waals surface area contributed by atoms with Crippen molar-refractivity contribution in [2.45, 2.75) is 18.7 Å². The van der Waals surface area contributed by atoms with Crippen LogP contribution in [0, 0.1) is 12.7 Å². The minimum absolute atomic E-state index is 0.198. The summed E-state index contributed by atoms with van der Waals surface area (Å²) in [5.41, 5.74) is 3.11. The summed E-state index contributed by atoms with van der Waals surface area (Å²) >= 11 is 10.8. The zero-order chi connectivity index (χ0) is 25.0. The number of hydrogen-bond acceptors (Lipinski definition) is 7. The van der Waals surface area contributed by atoms with E-state index in [1.54, 1.807) is 40.1 Å². The van der Waals surface area contributed by atoms with Crippen LogP contribution in [-0.4, -0.2) is 22.6 Å². The quantitative estimate of drug-likeness (QED) is 0.241. The fourth-order valence-electron chi connectivity index (χ4n) is 4.15. The first-order chi connectivity index (χ1) is 17.4. The largest absolute Gasteiger partial charge is 0.334 e. The third-order valence-electron chi connectivity index (χ3n) is 5.74. The van der Waals surface area contributed by atoms with Crippen LogP contribution in [0.2, 0.25) is 5.02 Å². The van der Waals surface area contributed by atoms with E-state index in [1.165, 1.54) is 23.9 Å². The van der Waals surface area contributed by atoms with Crippen LogP contribution in [0.5, 0.6) is 0 Å². The van der Waals surface area contributed by atoms with E-state index in [-0.39, 0.29) is 11.7 Å². The second-order valence-electron chi connectivity index (χ2n) is 8.09. The smallest absolute Gasteiger partial charge is 0.274 e. The number of benzene rings is 3. The third-order valence-corrected chi connectivity index (χ3v) is 9.27. The summed E-state index contributed by atoms with van der Waals surface area (Å²) in [6, 6.07) is 17.5. The minimum atomic E-state index is -0.365. The van der Waals surface area contributed by atoms with E-state index in [1.807, 2.05) is 50.2 Å². The number of carbonyl (C=O) groups is 1. The average Bonchev–Trinajstić information content (AvgIpc) is 3.51. The lowest BCUT2D eigenvalue weighted by Crippen LogP contribution is -2.29. The lowest BCUT2D eigenvalue weighted by Gasteiger charge is -2.19. The lowest BCUT2D eigenvalue weighted by molar-refractivity contribution is -0.113. The van der Waals surface area contributed by atoms with Crippen molar-refractivity contribution in [2.75, 3.05) is 16.3 Å². The zero-order valence-corrected chi connectivity index (χ0v) is 22.4. The highest BCUT2D eigenvalue weighted by atomic mass is 35.5. The van der Waals surface area contributed by atoms with Crippen molar-refractivity contribution in [1.29, 1.82) is 0 Å². The van der Waals surface area contributed by atoms with Gasteiger partial charge >= 0.3 is 0 Å². The third kappa shape index (κ3) is 4.10. The van der Waals surface area contributed by atoms with Gasteiger partial charge in [0.2, 0.25) is 0 Å². The fourth-order valence-corrected chi connectivity index (χ4v) is 7.49. The highest BCUT2D eigenvalue weighted by molar-refractivity contribution is 8.20. The molecule has 0 bridgehead atoms. The first-order valence-corrected chi connectivity index (χ1v) is 14.0. The first kappa shape index (κ1) is 23.5. The van der Waals surface area contributed by atoms with Crippen LogP contribution >= 0.6 is 46.5 Å². The Morgan fingerprint density at radius 1 is 1.06 bits per heavy atom. The van der Waals surface area contributed by atoms with E-state index in [9.17, 15) is 9.18 Å². The number of aryl methyl sites for hydroxylation is 1. The molecule has 2 aliphatic rings. The molecule has 180 valence electrons. The van der Waals surface area contributed by atoms with Crippen LogP contribution in [0.25, 0.3) is 10.2 Å². The van der Waals surface area contributed by atoms with Crippen LogP contribution in [-0.2, 0) is 4.79 Å². The summed E-state index contributed by atoms with van der Waals surface area (Å²) in [5.74, 6) is -0.564. The summed E-state index contributed by atoms with van der Waals surface area (Å²) in [4.78, 5) is 28.6. The molecule has 0 atom stereocenters. The summed E-state index contributed by atoms with van der Waals surface area (Å²) < 4.78 is 14.8. The summed E-state index contributed by atoms with van der Waals surface area (Å²) in [6.07, 6.45) is 0. The molecule has 0 N–H and O–H groups in total. The number of amidine groups is 1. The molecule has 0 radical (unpaired) electrons. The maximum absolute atomic E-state index is 13.9. The molecule has 0 saturated carbocycles. The number of thioether (sulfide) groups is 2. The highest BCUT2D eigenvalue weighted by Crippen LogP contribution is 2.51. The van der Waals surface area contributed by atoms with Crippen LogP contribution in [0.1, 0.15) is 11.9 Å². The van der Waals surface area contributed by atoms with Crippen LogP contribution < -0.4 is 9.80 Å². The van der Waals surface area contributed by atoms with Gasteiger partial charge in [0.05, 0.1) is 32.3 Å². The van der Waals surface area contributed by atoms with Crippen molar-refractivity contribution in [2.24, 2.45) is 4.99 Å². The molecule has 0 unspecified atom stereocenters. The van der Waals surface area contributed by atoms with E-state index in [0.29, 0.717) is 33.0 Å². The van der Waals surface area contributed by atoms with Crippen molar-refractivity contribution in [3.8, 4) is 0 Å². The topological polar surface area (TPSA) is 48.8 Å². The van der Waals surface area contributed by atoms with Gasteiger partial charge in [-0.25, -0.2) is 14.4 Å². The molecular weight excluding hydrogens is 535 g/mol. The molecule has 1 aromatic heterocycles. The maximum atomic E-state index is 13.9. The molecular formula is C26H18ClFN4OS3. The number of aromatic nitrogens is 1. The molecule has 2 aliphatic heterocycles. The molecule has 0 spiro atoms. The van der Waals surface area contributed by atoms with Gasteiger partial charge in [0.15, 0.2) is 5.17 Å². The summed E-state index contributed by atoms with van der Waals surface area (Å²) in [5, 5.41) is 2.98. The number of amides is 1. The number of halogens is 2. The van der Waals surface area contributed by atoms with E-state index in [4.69, 9.17) is 16.6 Å². The fraction of sp³-hybridized carbons (Fsp3) is 0.115. The van der Waals surface area contributed by atoms with Crippen molar-refractivity contribution in [3.05, 3.63) is 86.4 Å². The summed E-state index contributed by atoms with van der Waals surface area (Å²) in [7, 11) is 0. The number of rotatable bonds is 3. The predicted molar refractivity (Wildman–Crippen MR) is 150 cm³/mol.